The molecule has 0 unspecified atom stereocenters. The summed E-state index contributed by atoms with van der Waals surface area (Å²) in [6, 6.07) is 8.21. The van der Waals surface area contributed by atoms with E-state index in [9.17, 15) is 22.0 Å². The number of nitrogens with zero attached hydrogens (tertiary/aromatic N) is 1. The molecule has 27 heavy (non-hydrogen) atoms. The third-order valence-electron chi connectivity index (χ3n) is 4.12. The van der Waals surface area contributed by atoms with E-state index >= 15 is 0 Å². The maximum Gasteiger partial charge on any atom is 0.339 e. The zero-order chi connectivity index (χ0) is 19.9. The van der Waals surface area contributed by atoms with Crippen LogP contribution >= 0.6 is 0 Å². The van der Waals surface area contributed by atoms with Gasteiger partial charge in [0.1, 0.15) is 18.2 Å². The van der Waals surface area contributed by atoms with Gasteiger partial charge in [0, 0.05) is 5.57 Å². The summed E-state index contributed by atoms with van der Waals surface area (Å²) < 4.78 is 56.0. The summed E-state index contributed by atoms with van der Waals surface area (Å²) in [5.74, 6) is -3.42. The first-order chi connectivity index (χ1) is 12.6. The van der Waals surface area contributed by atoms with Crippen LogP contribution in [0.2, 0.25) is 0 Å². The monoisotopic (exact) mass is 390 g/mol. The zero-order valence-electron chi connectivity index (χ0n) is 13.9. The molecule has 0 spiro atoms. The maximum atomic E-state index is 14.2. The Hall–Kier alpha value is -3.09. The van der Waals surface area contributed by atoms with Crippen LogP contribution in [0.3, 0.4) is 0 Å². The summed E-state index contributed by atoms with van der Waals surface area (Å²) in [5.41, 5.74) is 1.69. The van der Waals surface area contributed by atoms with Gasteiger partial charge >= 0.3 is 5.97 Å². The Balaban J connectivity index is 2.21. The van der Waals surface area contributed by atoms with Crippen molar-refractivity contribution in [3.63, 3.8) is 0 Å². The number of carbonyl (C=O) groups excluding carboxylic acids is 1. The first-order valence-corrected chi connectivity index (χ1v) is 9.11. The Kier molecular flexibility index (Phi) is 4.55. The lowest BCUT2D eigenvalue weighted by molar-refractivity contribution is -0.133. The molecule has 0 amide bonds. The molecule has 0 saturated heterocycles. The number of halogens is 2. The number of nitriles is 1. The summed E-state index contributed by atoms with van der Waals surface area (Å²) in [6.07, 6.45) is 0. The van der Waals surface area contributed by atoms with Gasteiger partial charge in [-0.2, -0.15) is 5.26 Å². The van der Waals surface area contributed by atoms with Crippen LogP contribution in [0.1, 0.15) is 22.3 Å². The minimum Gasteiger partial charge on any atom is -0.457 e. The van der Waals surface area contributed by atoms with Crippen molar-refractivity contribution in [3.05, 3.63) is 64.2 Å². The number of primary sulfonamides is 1. The van der Waals surface area contributed by atoms with Gasteiger partial charge in [-0.3, -0.25) is 0 Å². The van der Waals surface area contributed by atoms with E-state index in [-0.39, 0.29) is 23.3 Å². The molecule has 6 nitrogen and oxygen atoms in total. The Morgan fingerprint density at radius 2 is 1.78 bits per heavy atom. The predicted octanol–water partition coefficient (Wildman–Crippen LogP) is 2.26. The fourth-order valence-corrected chi connectivity index (χ4v) is 3.54. The minimum absolute atomic E-state index is 0.0414. The van der Waals surface area contributed by atoms with Crippen molar-refractivity contribution in [1.82, 2.24) is 0 Å². The first kappa shape index (κ1) is 18.7. The van der Waals surface area contributed by atoms with Gasteiger partial charge in [0.05, 0.1) is 17.2 Å². The highest BCUT2D eigenvalue weighted by molar-refractivity contribution is 7.89. The van der Waals surface area contributed by atoms with Gasteiger partial charge in [-0.05, 0) is 47.9 Å². The third kappa shape index (κ3) is 3.32. The van der Waals surface area contributed by atoms with Crippen LogP contribution in [-0.2, 0) is 19.6 Å². The number of aryl methyl sites for hydroxylation is 1. The van der Waals surface area contributed by atoms with Gasteiger partial charge in [0.2, 0.25) is 10.0 Å². The van der Waals surface area contributed by atoms with E-state index in [1.54, 1.807) is 13.0 Å². The maximum absolute atomic E-state index is 14.2. The molecule has 0 atom stereocenters. The third-order valence-corrected chi connectivity index (χ3v) is 5.08. The van der Waals surface area contributed by atoms with Crippen LogP contribution in [-0.4, -0.2) is 21.0 Å². The number of nitrogens with two attached hydrogens (primary N) is 1. The number of sulfonamides is 1. The zero-order valence-corrected chi connectivity index (χ0v) is 14.7. The molecule has 9 heteroatoms. The number of hydrogen-bond acceptors (Lipinski definition) is 5. The number of ether oxygens (including phenoxy) is 1. The highest BCUT2D eigenvalue weighted by Gasteiger charge is 2.30. The molecule has 1 heterocycles. The second-order valence-corrected chi connectivity index (χ2v) is 7.38. The van der Waals surface area contributed by atoms with Gasteiger partial charge in [0.15, 0.2) is 4.90 Å². The van der Waals surface area contributed by atoms with Gasteiger partial charge in [-0.25, -0.2) is 27.1 Å². The van der Waals surface area contributed by atoms with Crippen molar-refractivity contribution in [3.8, 4) is 6.07 Å². The Morgan fingerprint density at radius 1 is 1.15 bits per heavy atom. The summed E-state index contributed by atoms with van der Waals surface area (Å²) in [5, 5.41) is 13.8. The van der Waals surface area contributed by atoms with E-state index < -0.39 is 32.5 Å². The average Bonchev–Trinajstić information content (AvgIpc) is 2.94. The molecule has 2 aromatic carbocycles. The van der Waals surface area contributed by atoms with Gasteiger partial charge < -0.3 is 4.74 Å². The molecule has 2 aromatic rings. The van der Waals surface area contributed by atoms with Gasteiger partial charge in [-0.1, -0.05) is 6.07 Å². The normalized spacial score (nSPS) is 14.3. The standard InChI is InChI=1S/C18H12F2N2O4S/c1-9-4-10(2-3-11(9)7-21)16-13(8-26-18(16)23)12-5-14(19)17(15(20)6-12)27(22,24)25/h2-6H,8H2,1H3,(H2,22,24,25). The molecule has 0 radical (unpaired) electrons. The van der Waals surface area contributed by atoms with Crippen LogP contribution in [0.15, 0.2) is 35.2 Å². The molecule has 0 aromatic heterocycles. The van der Waals surface area contributed by atoms with Crippen LogP contribution < -0.4 is 5.14 Å². The summed E-state index contributed by atoms with van der Waals surface area (Å²) in [6.45, 7) is 1.45. The Labute approximate surface area is 153 Å². The van der Waals surface area contributed by atoms with E-state index in [2.05, 4.69) is 0 Å². The number of esters is 1. The minimum atomic E-state index is -4.59. The molecular weight excluding hydrogens is 378 g/mol. The highest BCUT2D eigenvalue weighted by Crippen LogP contribution is 2.35. The van der Waals surface area contributed by atoms with Crippen molar-refractivity contribution in [2.24, 2.45) is 5.14 Å². The predicted molar refractivity (Wildman–Crippen MR) is 91.4 cm³/mol. The van der Waals surface area contributed by atoms with E-state index in [1.165, 1.54) is 12.1 Å². The quantitative estimate of drug-likeness (QED) is 0.809. The van der Waals surface area contributed by atoms with Crippen LogP contribution in [0.4, 0.5) is 8.78 Å². The Morgan fingerprint density at radius 3 is 2.30 bits per heavy atom. The molecule has 0 bridgehead atoms. The summed E-state index contributed by atoms with van der Waals surface area (Å²) in [4.78, 5) is 10.9. The summed E-state index contributed by atoms with van der Waals surface area (Å²) in [7, 11) is -4.59. The highest BCUT2D eigenvalue weighted by atomic mass is 32.2. The lowest BCUT2D eigenvalue weighted by Crippen LogP contribution is -2.16. The summed E-state index contributed by atoms with van der Waals surface area (Å²) >= 11 is 0. The number of rotatable bonds is 3. The molecule has 2 N–H and O–H groups in total. The second-order valence-electron chi connectivity index (χ2n) is 5.89. The van der Waals surface area contributed by atoms with Gasteiger partial charge in [-0.15, -0.1) is 0 Å². The van der Waals surface area contributed by atoms with Crippen molar-refractivity contribution >= 4 is 27.1 Å². The van der Waals surface area contributed by atoms with Gasteiger partial charge in [0.25, 0.3) is 0 Å². The number of cyclic esters (lactones) is 1. The molecule has 0 aliphatic carbocycles. The molecule has 138 valence electrons. The number of hydrogen-bond donors (Lipinski definition) is 1. The fourth-order valence-electron chi connectivity index (χ4n) is 2.88. The lowest BCUT2D eigenvalue weighted by atomic mass is 9.94. The fraction of sp³-hybridized carbons (Fsp3) is 0.111. The van der Waals surface area contributed by atoms with Crippen LogP contribution in [0, 0.1) is 29.9 Å². The smallest absolute Gasteiger partial charge is 0.339 e. The molecule has 0 saturated carbocycles. The average molecular weight is 390 g/mol. The van der Waals surface area contributed by atoms with Crippen molar-refractivity contribution in [1.29, 1.82) is 5.26 Å². The van der Waals surface area contributed by atoms with Crippen LogP contribution in [0.5, 0.6) is 0 Å². The molecular formula is C18H12F2N2O4S. The van der Waals surface area contributed by atoms with Crippen molar-refractivity contribution in [2.75, 3.05) is 6.61 Å². The van der Waals surface area contributed by atoms with E-state index in [0.29, 0.717) is 16.7 Å². The second kappa shape index (κ2) is 6.57. The van der Waals surface area contributed by atoms with E-state index in [4.69, 9.17) is 15.1 Å². The van der Waals surface area contributed by atoms with Crippen molar-refractivity contribution < 1.29 is 26.7 Å². The molecule has 0 fully saturated rings. The molecule has 1 aliphatic rings. The largest absolute Gasteiger partial charge is 0.457 e. The van der Waals surface area contributed by atoms with E-state index in [1.807, 2.05) is 6.07 Å². The SMILES string of the molecule is Cc1cc(C2=C(c3cc(F)c(S(N)(=O)=O)c(F)c3)COC2=O)ccc1C#N. The molecule has 3 rings (SSSR count). The Bertz CT molecular complexity index is 1140. The van der Waals surface area contributed by atoms with E-state index in [0.717, 1.165) is 12.1 Å². The molecule has 1 aliphatic heterocycles. The number of carbonyl (C=O) groups is 1. The topological polar surface area (TPSA) is 110 Å². The lowest BCUT2D eigenvalue weighted by Gasteiger charge is -2.09. The number of benzene rings is 2. The van der Waals surface area contributed by atoms with Crippen LogP contribution in [0.25, 0.3) is 11.1 Å². The first-order valence-electron chi connectivity index (χ1n) is 7.57. The van der Waals surface area contributed by atoms with Crippen molar-refractivity contribution in [2.45, 2.75) is 11.8 Å².